The van der Waals surface area contributed by atoms with Crippen LogP contribution in [0.3, 0.4) is 0 Å². The van der Waals surface area contributed by atoms with Gasteiger partial charge in [0.05, 0.1) is 0 Å². The monoisotopic (exact) mass is 265 g/mol. The highest BCUT2D eigenvalue weighted by Crippen LogP contribution is 2.11. The normalized spacial score (nSPS) is 10.1. The topological polar surface area (TPSA) is 70.2 Å². The Bertz CT molecular complexity index is 419. The predicted octanol–water partition coefficient (Wildman–Crippen LogP) is 1.50. The summed E-state index contributed by atoms with van der Waals surface area (Å²) in [6.07, 6.45) is 1.50. The largest absolute Gasteiger partial charge is 0.370 e. The number of carbonyl (C=O) groups excluding carboxylic acids is 1. The molecule has 0 aromatic carbocycles. The molecule has 1 amide bonds. The van der Waals surface area contributed by atoms with Gasteiger partial charge in [-0.05, 0) is 13.3 Å². The minimum Gasteiger partial charge on any atom is -0.370 e. The standard InChI is InChI=1S/C13H23N5O/c1-5-7-14-11-9-12(17-10(2)16-11)15-8-6-13(19)18(3)4/h9H,5-8H2,1-4H3,(H2,14,15,16,17). The molecule has 0 aliphatic heterocycles. The van der Waals surface area contributed by atoms with Crippen molar-refractivity contribution in [1.29, 1.82) is 0 Å². The fourth-order valence-corrected chi connectivity index (χ4v) is 1.52. The van der Waals surface area contributed by atoms with Crippen LogP contribution in [0.1, 0.15) is 25.6 Å². The van der Waals surface area contributed by atoms with Crippen LogP contribution in [0.2, 0.25) is 0 Å². The number of anilines is 2. The first kappa shape index (κ1) is 15.2. The van der Waals surface area contributed by atoms with E-state index in [0.29, 0.717) is 18.8 Å². The number of rotatable bonds is 7. The van der Waals surface area contributed by atoms with E-state index in [1.807, 2.05) is 13.0 Å². The van der Waals surface area contributed by atoms with Crippen LogP contribution in [0.5, 0.6) is 0 Å². The zero-order valence-electron chi connectivity index (χ0n) is 12.2. The van der Waals surface area contributed by atoms with Crippen molar-refractivity contribution < 1.29 is 4.79 Å². The van der Waals surface area contributed by atoms with Gasteiger partial charge in [0.2, 0.25) is 5.91 Å². The molecule has 0 aliphatic carbocycles. The molecule has 0 bridgehead atoms. The molecule has 0 aliphatic rings. The maximum atomic E-state index is 11.4. The number of hydrogen-bond donors (Lipinski definition) is 2. The SMILES string of the molecule is CCCNc1cc(NCCC(=O)N(C)C)nc(C)n1. The van der Waals surface area contributed by atoms with Crippen LogP contribution >= 0.6 is 0 Å². The Balaban J connectivity index is 2.53. The third-order valence-electron chi connectivity index (χ3n) is 2.54. The van der Waals surface area contributed by atoms with E-state index in [2.05, 4.69) is 27.5 Å². The van der Waals surface area contributed by atoms with Crippen molar-refractivity contribution in [2.45, 2.75) is 26.7 Å². The van der Waals surface area contributed by atoms with E-state index < -0.39 is 0 Å². The number of nitrogens with zero attached hydrogens (tertiary/aromatic N) is 3. The molecule has 6 nitrogen and oxygen atoms in total. The Morgan fingerprint density at radius 3 is 2.32 bits per heavy atom. The molecule has 0 spiro atoms. The minimum atomic E-state index is 0.0996. The quantitative estimate of drug-likeness (QED) is 0.782. The van der Waals surface area contributed by atoms with Gasteiger partial charge in [0.1, 0.15) is 17.5 Å². The Morgan fingerprint density at radius 1 is 1.21 bits per heavy atom. The molecule has 0 unspecified atom stereocenters. The molecular weight excluding hydrogens is 242 g/mol. The van der Waals surface area contributed by atoms with Gasteiger partial charge in [0.25, 0.3) is 0 Å². The molecule has 1 aromatic heterocycles. The highest BCUT2D eigenvalue weighted by atomic mass is 16.2. The van der Waals surface area contributed by atoms with Crippen molar-refractivity contribution >= 4 is 17.5 Å². The Kier molecular flexibility index (Phi) is 6.05. The van der Waals surface area contributed by atoms with Gasteiger partial charge in [-0.15, -0.1) is 0 Å². The molecule has 1 aromatic rings. The smallest absolute Gasteiger partial charge is 0.223 e. The van der Waals surface area contributed by atoms with Gasteiger partial charge in [-0.25, -0.2) is 9.97 Å². The summed E-state index contributed by atoms with van der Waals surface area (Å²) in [6.45, 7) is 5.41. The first-order valence-corrected chi connectivity index (χ1v) is 6.56. The summed E-state index contributed by atoms with van der Waals surface area (Å²) < 4.78 is 0. The van der Waals surface area contributed by atoms with E-state index in [4.69, 9.17) is 0 Å². The lowest BCUT2D eigenvalue weighted by atomic mass is 10.3. The Morgan fingerprint density at radius 2 is 1.79 bits per heavy atom. The Hall–Kier alpha value is -1.85. The van der Waals surface area contributed by atoms with Gasteiger partial charge in [-0.2, -0.15) is 0 Å². The summed E-state index contributed by atoms with van der Waals surface area (Å²) in [6, 6.07) is 1.86. The second kappa shape index (κ2) is 7.56. The average Bonchev–Trinajstić information content (AvgIpc) is 2.35. The fraction of sp³-hybridized carbons (Fsp3) is 0.615. The maximum absolute atomic E-state index is 11.4. The van der Waals surface area contributed by atoms with E-state index >= 15 is 0 Å². The van der Waals surface area contributed by atoms with Crippen LogP contribution in [0.4, 0.5) is 11.6 Å². The van der Waals surface area contributed by atoms with E-state index in [1.54, 1.807) is 19.0 Å². The lowest BCUT2D eigenvalue weighted by Gasteiger charge is -2.12. The third kappa shape index (κ3) is 5.54. The van der Waals surface area contributed by atoms with E-state index in [9.17, 15) is 4.79 Å². The number of nitrogens with one attached hydrogen (secondary N) is 2. The predicted molar refractivity (Wildman–Crippen MR) is 77.4 cm³/mol. The summed E-state index contributed by atoms with van der Waals surface area (Å²) in [4.78, 5) is 21.6. The molecule has 19 heavy (non-hydrogen) atoms. The minimum absolute atomic E-state index is 0.0996. The van der Waals surface area contributed by atoms with Crippen molar-refractivity contribution in [2.24, 2.45) is 0 Å². The zero-order chi connectivity index (χ0) is 14.3. The van der Waals surface area contributed by atoms with Crippen molar-refractivity contribution in [3.63, 3.8) is 0 Å². The number of hydrogen-bond acceptors (Lipinski definition) is 5. The van der Waals surface area contributed by atoms with Crippen molar-refractivity contribution in [3.8, 4) is 0 Å². The van der Waals surface area contributed by atoms with Gasteiger partial charge >= 0.3 is 0 Å². The molecule has 1 heterocycles. The number of amides is 1. The molecular formula is C13H23N5O. The van der Waals surface area contributed by atoms with Crippen LogP contribution in [-0.2, 0) is 4.79 Å². The van der Waals surface area contributed by atoms with Gasteiger partial charge in [0.15, 0.2) is 0 Å². The Labute approximate surface area is 114 Å². The van der Waals surface area contributed by atoms with E-state index in [1.165, 1.54) is 0 Å². The third-order valence-corrected chi connectivity index (χ3v) is 2.54. The lowest BCUT2D eigenvalue weighted by molar-refractivity contribution is -0.128. The van der Waals surface area contributed by atoms with Gasteiger partial charge in [-0.3, -0.25) is 4.79 Å². The highest BCUT2D eigenvalue weighted by molar-refractivity contribution is 5.76. The summed E-state index contributed by atoms with van der Waals surface area (Å²) in [5.41, 5.74) is 0. The summed E-state index contributed by atoms with van der Waals surface area (Å²) >= 11 is 0. The van der Waals surface area contributed by atoms with Crippen LogP contribution in [0.25, 0.3) is 0 Å². The first-order valence-electron chi connectivity index (χ1n) is 6.56. The molecule has 106 valence electrons. The fourth-order valence-electron chi connectivity index (χ4n) is 1.52. The summed E-state index contributed by atoms with van der Waals surface area (Å²) in [5, 5.41) is 6.38. The molecule has 0 atom stereocenters. The second-order valence-corrected chi connectivity index (χ2v) is 4.58. The molecule has 0 radical (unpaired) electrons. The van der Waals surface area contributed by atoms with Crippen LogP contribution < -0.4 is 10.6 Å². The van der Waals surface area contributed by atoms with Crippen molar-refractivity contribution in [2.75, 3.05) is 37.8 Å². The summed E-state index contributed by atoms with van der Waals surface area (Å²) in [7, 11) is 3.51. The number of carbonyl (C=O) groups is 1. The van der Waals surface area contributed by atoms with Crippen LogP contribution in [-0.4, -0.2) is 48.0 Å². The first-order chi connectivity index (χ1) is 9.02. The van der Waals surface area contributed by atoms with E-state index in [0.717, 1.165) is 24.6 Å². The average molecular weight is 265 g/mol. The molecule has 0 saturated heterocycles. The van der Waals surface area contributed by atoms with Gasteiger partial charge in [0, 0.05) is 39.7 Å². The number of aryl methyl sites for hydroxylation is 1. The molecule has 1 rings (SSSR count). The molecule has 0 fully saturated rings. The van der Waals surface area contributed by atoms with Gasteiger partial charge in [-0.1, -0.05) is 6.92 Å². The van der Waals surface area contributed by atoms with Crippen molar-refractivity contribution in [1.82, 2.24) is 14.9 Å². The molecule has 6 heteroatoms. The maximum Gasteiger partial charge on any atom is 0.223 e. The van der Waals surface area contributed by atoms with E-state index in [-0.39, 0.29) is 5.91 Å². The zero-order valence-corrected chi connectivity index (χ0v) is 12.2. The lowest BCUT2D eigenvalue weighted by Crippen LogP contribution is -2.24. The van der Waals surface area contributed by atoms with Crippen LogP contribution in [0.15, 0.2) is 6.07 Å². The highest BCUT2D eigenvalue weighted by Gasteiger charge is 2.05. The number of aromatic nitrogens is 2. The molecule has 2 N–H and O–H groups in total. The van der Waals surface area contributed by atoms with Gasteiger partial charge < -0.3 is 15.5 Å². The second-order valence-electron chi connectivity index (χ2n) is 4.58. The van der Waals surface area contributed by atoms with Crippen LogP contribution in [0, 0.1) is 6.92 Å². The molecule has 0 saturated carbocycles. The summed E-state index contributed by atoms with van der Waals surface area (Å²) in [5.74, 6) is 2.37. The van der Waals surface area contributed by atoms with Crippen molar-refractivity contribution in [3.05, 3.63) is 11.9 Å².